The zero-order chi connectivity index (χ0) is 20.8. The third-order valence-corrected chi connectivity index (χ3v) is 4.80. The monoisotopic (exact) mass is 400 g/mol. The molecule has 148 valence electrons. The Morgan fingerprint density at radius 3 is 2.69 bits per heavy atom. The fourth-order valence-corrected chi connectivity index (χ4v) is 3.15. The van der Waals surface area contributed by atoms with Gasteiger partial charge in [0.2, 0.25) is 0 Å². The Kier molecular flexibility index (Phi) is 4.45. The number of hydrogen-bond donors (Lipinski definition) is 1. The lowest BCUT2D eigenvalue weighted by molar-refractivity contribution is -0.158. The molecule has 3 aromatic heterocycles. The smallest absolute Gasteiger partial charge is 0.340 e. The van der Waals surface area contributed by atoms with Gasteiger partial charge in [0.05, 0.1) is 11.9 Å². The Morgan fingerprint density at radius 2 is 2.10 bits per heavy atom. The van der Waals surface area contributed by atoms with Crippen molar-refractivity contribution in [1.29, 1.82) is 5.26 Å². The van der Waals surface area contributed by atoms with E-state index in [2.05, 4.69) is 20.4 Å². The van der Waals surface area contributed by atoms with Gasteiger partial charge in [0.1, 0.15) is 23.4 Å². The molecule has 29 heavy (non-hydrogen) atoms. The predicted octanol–water partition coefficient (Wildman–Crippen LogP) is 3.04. The molecule has 1 fully saturated rings. The van der Waals surface area contributed by atoms with E-state index in [1.807, 2.05) is 6.07 Å². The number of hydrogen-bond acceptors (Lipinski definition) is 5. The van der Waals surface area contributed by atoms with Crippen LogP contribution in [0, 0.1) is 24.2 Å². The Hall–Kier alpha value is -3.48. The van der Waals surface area contributed by atoms with Crippen LogP contribution in [0.1, 0.15) is 34.6 Å². The molecule has 0 bridgehead atoms. The van der Waals surface area contributed by atoms with E-state index in [9.17, 15) is 18.0 Å². The van der Waals surface area contributed by atoms with Gasteiger partial charge < -0.3 is 5.32 Å². The maximum absolute atomic E-state index is 13.3. The van der Waals surface area contributed by atoms with E-state index in [0.29, 0.717) is 29.8 Å². The van der Waals surface area contributed by atoms with Crippen molar-refractivity contribution in [2.45, 2.75) is 32.0 Å². The second-order valence-electron chi connectivity index (χ2n) is 6.95. The number of carbonyl (C=O) groups excluding carboxylic acids is 1. The lowest BCUT2D eigenvalue weighted by atomic mass is 10.1. The van der Waals surface area contributed by atoms with E-state index in [4.69, 9.17) is 5.26 Å². The summed E-state index contributed by atoms with van der Waals surface area (Å²) in [6.07, 6.45) is -0.952. The van der Waals surface area contributed by atoms with E-state index in [-0.39, 0.29) is 16.9 Å². The molecule has 3 aromatic rings. The average molecular weight is 400 g/mol. The van der Waals surface area contributed by atoms with Gasteiger partial charge in [-0.1, -0.05) is 0 Å². The number of carbonyl (C=O) groups is 1. The third kappa shape index (κ3) is 3.63. The molecular weight excluding hydrogens is 385 g/mol. The molecule has 4 rings (SSSR count). The summed E-state index contributed by atoms with van der Waals surface area (Å²) in [5, 5.41) is 15.0. The number of amides is 1. The molecule has 1 saturated carbocycles. The standard InChI is InChI=1S/C19H15F3N6O/c1-10-6-15(12-4-5-13(7-23)24-8-12)26-17-14(9-25-28(10)17)18(29)27-16(11-2-3-11)19(20,21)22/h4-6,8-9,11,16H,2-3H2,1H3,(H,27,29)/t16-/m0/s1. The van der Waals surface area contributed by atoms with Crippen molar-refractivity contribution in [3.8, 4) is 17.3 Å². The molecule has 1 atom stereocenters. The molecule has 3 heterocycles. The topological polar surface area (TPSA) is 96.0 Å². The molecule has 0 radical (unpaired) electrons. The average Bonchev–Trinajstić information content (AvgIpc) is 3.42. The van der Waals surface area contributed by atoms with Crippen molar-refractivity contribution >= 4 is 11.6 Å². The summed E-state index contributed by atoms with van der Waals surface area (Å²) in [7, 11) is 0. The molecule has 10 heteroatoms. The second kappa shape index (κ2) is 6.84. The summed E-state index contributed by atoms with van der Waals surface area (Å²) in [5.41, 5.74) is 2.08. The summed E-state index contributed by atoms with van der Waals surface area (Å²) >= 11 is 0. The van der Waals surface area contributed by atoms with Crippen molar-refractivity contribution in [2.75, 3.05) is 0 Å². The largest absolute Gasteiger partial charge is 0.408 e. The highest BCUT2D eigenvalue weighted by Gasteiger charge is 2.49. The number of aryl methyl sites for hydroxylation is 1. The Morgan fingerprint density at radius 1 is 1.34 bits per heavy atom. The number of nitrogens with zero attached hydrogens (tertiary/aromatic N) is 5. The number of alkyl halides is 3. The maximum atomic E-state index is 13.3. The quantitative estimate of drug-likeness (QED) is 0.726. The lowest BCUT2D eigenvalue weighted by Gasteiger charge is -2.20. The molecule has 0 saturated heterocycles. The van der Waals surface area contributed by atoms with Gasteiger partial charge in [-0.05, 0) is 43.9 Å². The first-order chi connectivity index (χ1) is 13.8. The third-order valence-electron chi connectivity index (χ3n) is 4.80. The molecule has 1 aliphatic rings. The first-order valence-electron chi connectivity index (χ1n) is 8.87. The van der Waals surface area contributed by atoms with E-state index >= 15 is 0 Å². The zero-order valence-electron chi connectivity index (χ0n) is 15.2. The number of rotatable bonds is 4. The molecule has 0 spiro atoms. The predicted molar refractivity (Wildman–Crippen MR) is 95.7 cm³/mol. The minimum Gasteiger partial charge on any atom is -0.340 e. The fraction of sp³-hybridized carbons (Fsp3) is 0.316. The summed E-state index contributed by atoms with van der Waals surface area (Å²) in [4.78, 5) is 21.0. The van der Waals surface area contributed by atoms with Gasteiger partial charge in [0, 0.05) is 17.5 Å². The van der Waals surface area contributed by atoms with Crippen LogP contribution in [0.15, 0.2) is 30.6 Å². The van der Waals surface area contributed by atoms with Crippen LogP contribution in [0.5, 0.6) is 0 Å². The van der Waals surface area contributed by atoms with Crippen molar-refractivity contribution in [3.63, 3.8) is 0 Å². The van der Waals surface area contributed by atoms with Crippen molar-refractivity contribution in [1.82, 2.24) is 24.9 Å². The fourth-order valence-electron chi connectivity index (χ4n) is 3.15. The summed E-state index contributed by atoms with van der Waals surface area (Å²) in [5.74, 6) is -1.45. The molecule has 0 unspecified atom stereocenters. The Labute approximate surface area is 163 Å². The maximum Gasteiger partial charge on any atom is 0.408 e. The van der Waals surface area contributed by atoms with Crippen LogP contribution in [0.25, 0.3) is 16.9 Å². The van der Waals surface area contributed by atoms with Gasteiger partial charge in [0.15, 0.2) is 5.65 Å². The van der Waals surface area contributed by atoms with Gasteiger partial charge in [-0.25, -0.2) is 14.5 Å². The first kappa shape index (κ1) is 18.9. The van der Waals surface area contributed by atoms with Crippen LogP contribution >= 0.6 is 0 Å². The van der Waals surface area contributed by atoms with Gasteiger partial charge >= 0.3 is 6.18 Å². The number of nitrogens with one attached hydrogen (secondary N) is 1. The van der Waals surface area contributed by atoms with E-state index < -0.39 is 24.0 Å². The first-order valence-corrected chi connectivity index (χ1v) is 8.87. The highest BCUT2D eigenvalue weighted by molar-refractivity contribution is 6.00. The van der Waals surface area contributed by atoms with Crippen molar-refractivity contribution in [2.24, 2.45) is 5.92 Å². The van der Waals surface area contributed by atoms with Gasteiger partial charge in [-0.3, -0.25) is 4.79 Å². The number of nitriles is 1. The van der Waals surface area contributed by atoms with Gasteiger partial charge in [0.25, 0.3) is 5.91 Å². The minimum atomic E-state index is -4.51. The van der Waals surface area contributed by atoms with Gasteiger partial charge in [-0.2, -0.15) is 23.5 Å². The van der Waals surface area contributed by atoms with Crippen LogP contribution in [0.4, 0.5) is 13.2 Å². The van der Waals surface area contributed by atoms with Gasteiger partial charge in [-0.15, -0.1) is 0 Å². The van der Waals surface area contributed by atoms with Crippen LogP contribution in [-0.2, 0) is 0 Å². The molecule has 1 amide bonds. The molecular formula is C19H15F3N6O. The van der Waals surface area contributed by atoms with Crippen LogP contribution < -0.4 is 5.32 Å². The van der Waals surface area contributed by atoms with Crippen LogP contribution in [0.3, 0.4) is 0 Å². The molecule has 1 N–H and O–H groups in total. The normalized spacial score (nSPS) is 15.1. The van der Waals surface area contributed by atoms with Crippen LogP contribution in [-0.4, -0.2) is 37.7 Å². The van der Waals surface area contributed by atoms with Crippen molar-refractivity contribution < 1.29 is 18.0 Å². The highest BCUT2D eigenvalue weighted by Crippen LogP contribution is 2.40. The molecule has 7 nitrogen and oxygen atoms in total. The van der Waals surface area contributed by atoms with E-state index in [1.54, 1.807) is 19.1 Å². The number of pyridine rings is 1. The van der Waals surface area contributed by atoms with E-state index in [0.717, 1.165) is 0 Å². The lowest BCUT2D eigenvalue weighted by Crippen LogP contribution is -2.46. The number of halogens is 3. The Bertz CT molecular complexity index is 1130. The van der Waals surface area contributed by atoms with Crippen molar-refractivity contribution in [3.05, 3.63) is 47.5 Å². The molecule has 0 aromatic carbocycles. The van der Waals surface area contributed by atoms with E-state index in [1.165, 1.54) is 23.0 Å². The molecule has 1 aliphatic carbocycles. The minimum absolute atomic E-state index is 0.0357. The highest BCUT2D eigenvalue weighted by atomic mass is 19.4. The second-order valence-corrected chi connectivity index (χ2v) is 6.95. The molecule has 0 aliphatic heterocycles. The zero-order valence-corrected chi connectivity index (χ0v) is 15.2. The summed E-state index contributed by atoms with van der Waals surface area (Å²) in [6, 6.07) is 4.95. The number of fused-ring (bicyclic) bond motifs is 1. The summed E-state index contributed by atoms with van der Waals surface area (Å²) < 4.78 is 41.2. The number of aromatic nitrogens is 4. The van der Waals surface area contributed by atoms with Crippen LogP contribution in [0.2, 0.25) is 0 Å². The SMILES string of the molecule is Cc1cc(-c2ccc(C#N)nc2)nc2c(C(=O)N[C@@H](C3CC3)C(F)(F)F)cnn12. The summed E-state index contributed by atoms with van der Waals surface area (Å²) in [6.45, 7) is 1.74. The Balaban J connectivity index is 1.71.